The number of hydrogen-bond donors (Lipinski definition) is 5. The number of nitrogens with two attached hydrogens (primary N) is 1. The minimum absolute atomic E-state index is 0.0405. The van der Waals surface area contributed by atoms with Gasteiger partial charge in [0.25, 0.3) is 11.7 Å². The molecule has 2 amide bonds. The van der Waals surface area contributed by atoms with Gasteiger partial charge in [-0.3, -0.25) is 24.1 Å². The average molecular weight is 790 g/mol. The van der Waals surface area contributed by atoms with Crippen LogP contribution >= 0.6 is 23.1 Å². The van der Waals surface area contributed by atoms with Gasteiger partial charge in [-0.05, 0) is 32.9 Å². The molecule has 17 nitrogen and oxygen atoms in total. The number of aromatic hydroxyl groups is 2. The zero-order chi connectivity index (χ0) is 39.4. The monoisotopic (exact) mass is 789 g/mol. The number of aromatic nitrogens is 1. The summed E-state index contributed by atoms with van der Waals surface area (Å²) < 4.78 is 14.4. The summed E-state index contributed by atoms with van der Waals surface area (Å²) >= 11 is 2.36. The highest BCUT2D eigenvalue weighted by Gasteiger charge is 2.57. The van der Waals surface area contributed by atoms with E-state index in [9.17, 15) is 53.6 Å². The first-order valence-corrected chi connectivity index (χ1v) is 18.8. The first kappa shape index (κ1) is 38.6. The maximum atomic E-state index is 14.0. The van der Waals surface area contributed by atoms with Crippen LogP contribution in [0.5, 0.6) is 11.5 Å². The second-order valence-corrected chi connectivity index (χ2v) is 16.6. The smallest absolute Gasteiger partial charge is 0.352 e. The molecule has 6 heterocycles. The predicted octanol–water partition coefficient (Wildman–Crippen LogP) is 1.78. The van der Waals surface area contributed by atoms with Crippen LogP contribution in [0.3, 0.4) is 0 Å². The van der Waals surface area contributed by atoms with Gasteiger partial charge in [-0.2, -0.15) is 0 Å². The molecule has 0 aliphatic carbocycles. The summed E-state index contributed by atoms with van der Waals surface area (Å²) in [5.74, 6) is -9.86. The second kappa shape index (κ2) is 14.3. The number of benzene rings is 1. The Morgan fingerprint density at radius 2 is 1.81 bits per heavy atom. The summed E-state index contributed by atoms with van der Waals surface area (Å²) in [5, 5.41) is 43.5. The van der Waals surface area contributed by atoms with Crippen molar-refractivity contribution >= 4 is 69.3 Å². The number of amides is 2. The molecule has 0 unspecified atom stereocenters. The molecule has 4 saturated heterocycles. The molecule has 0 radical (unpaired) electrons. The topological polar surface area (TPSA) is 250 Å². The number of β-lactam (4-membered cyclic amide) rings is 1. The van der Waals surface area contributed by atoms with Gasteiger partial charge < -0.3 is 40.4 Å². The Labute approximate surface area is 315 Å². The van der Waals surface area contributed by atoms with Crippen molar-refractivity contribution in [1.82, 2.24) is 14.8 Å². The summed E-state index contributed by atoms with van der Waals surface area (Å²) in [6, 6.07) is 1.22. The Morgan fingerprint density at radius 3 is 2.41 bits per heavy atom. The fraction of sp³-hybridized carbons (Fsp3) is 0.471. The number of hydrogen-bond acceptors (Lipinski definition) is 14. The van der Waals surface area contributed by atoms with Crippen molar-refractivity contribution in [2.75, 3.05) is 38.5 Å². The van der Waals surface area contributed by atoms with Gasteiger partial charge in [0.2, 0.25) is 11.5 Å². The number of aliphatic carboxylic acids is 2. The van der Waals surface area contributed by atoms with Crippen LogP contribution < -0.4 is 5.73 Å². The molecule has 20 heteroatoms. The fourth-order valence-corrected chi connectivity index (χ4v) is 9.34. The van der Waals surface area contributed by atoms with Crippen LogP contribution in [-0.2, 0) is 28.8 Å². The standard InChI is InChI=1S/C34H37FN6O11S2/c1-15-19(13-41-7-4-17(5-8-41)39(6-9-41)29(47)26(44)16-10-20(35)27(45)23(43)11-16)25(31(48)49)40-28(46)18(30(40)54-15)12-22(42)24(21-14-53-33(36)37-21)38-52-34(2,3)32(50)51/h10-11,14-15,17-18,30H,4-9,12-13H2,1-3H3,(H5-,36,37,38,42,43,44,45,47,48,49,50,51)/p+1/t15-,17?,18+,30+,41?/m0/s1. The Hall–Kier alpha value is -5.08. The van der Waals surface area contributed by atoms with E-state index in [1.807, 2.05) is 6.92 Å². The van der Waals surface area contributed by atoms with Gasteiger partial charge in [0.15, 0.2) is 33.9 Å². The molecule has 5 aliphatic heterocycles. The number of Topliss-reactive ketones (excluding diaryl/α,β-unsaturated/α-hetero) is 2. The molecule has 6 N–H and O–H groups in total. The van der Waals surface area contributed by atoms with E-state index in [0.29, 0.717) is 48.6 Å². The van der Waals surface area contributed by atoms with Gasteiger partial charge in [-0.25, -0.2) is 19.0 Å². The van der Waals surface area contributed by atoms with Crippen LogP contribution in [0.1, 0.15) is 56.1 Å². The number of thiazole rings is 1. The van der Waals surface area contributed by atoms with E-state index < -0.39 is 75.1 Å². The van der Waals surface area contributed by atoms with Crippen molar-refractivity contribution in [2.24, 2.45) is 11.1 Å². The van der Waals surface area contributed by atoms with Crippen molar-refractivity contribution in [3.05, 3.63) is 45.9 Å². The van der Waals surface area contributed by atoms with Crippen LogP contribution in [0.25, 0.3) is 0 Å². The number of halogens is 1. The summed E-state index contributed by atoms with van der Waals surface area (Å²) in [6.07, 6.45) is 0.626. The number of carbonyl (C=O) groups is 6. The second-order valence-electron chi connectivity index (χ2n) is 14.3. The number of carboxylic acids is 2. The zero-order valence-electron chi connectivity index (χ0n) is 29.4. The number of thioether (sulfide) groups is 1. The number of ketones is 2. The Bertz CT molecular complexity index is 2000. The molecule has 1 aromatic heterocycles. The van der Waals surface area contributed by atoms with Gasteiger partial charge in [0, 0.05) is 47.1 Å². The van der Waals surface area contributed by atoms with E-state index in [0.717, 1.165) is 17.4 Å². The summed E-state index contributed by atoms with van der Waals surface area (Å²) in [4.78, 5) is 90.1. The lowest BCUT2D eigenvalue weighted by Crippen LogP contribution is -2.64. The molecule has 288 valence electrons. The van der Waals surface area contributed by atoms with E-state index in [1.165, 1.54) is 40.8 Å². The van der Waals surface area contributed by atoms with E-state index in [-0.39, 0.29) is 53.0 Å². The third-order valence-corrected chi connectivity index (χ3v) is 12.6. The Balaban J connectivity index is 1.19. The molecule has 0 spiro atoms. The number of anilines is 1. The van der Waals surface area contributed by atoms with Crippen LogP contribution in [0.2, 0.25) is 0 Å². The zero-order valence-corrected chi connectivity index (χ0v) is 31.0. The highest BCUT2D eigenvalue weighted by molar-refractivity contribution is 8.00. The molecule has 54 heavy (non-hydrogen) atoms. The lowest BCUT2D eigenvalue weighted by molar-refractivity contribution is -0.925. The van der Waals surface area contributed by atoms with Crippen LogP contribution in [0.4, 0.5) is 9.52 Å². The molecular formula is C34H38FN6O11S2+. The molecule has 4 fully saturated rings. The summed E-state index contributed by atoms with van der Waals surface area (Å²) in [6.45, 7) is 6.21. The largest absolute Gasteiger partial charge is 0.504 e. The van der Waals surface area contributed by atoms with Gasteiger partial charge >= 0.3 is 11.9 Å². The number of carboxylic acid groups (broad SMARTS) is 2. The summed E-state index contributed by atoms with van der Waals surface area (Å²) in [7, 11) is 0. The van der Waals surface area contributed by atoms with Crippen LogP contribution in [0, 0.1) is 11.7 Å². The van der Waals surface area contributed by atoms with E-state index in [1.54, 1.807) is 0 Å². The number of nitrogens with zero attached hydrogens (tertiary/aromatic N) is 5. The molecule has 5 aliphatic rings. The number of nitrogen functional groups attached to an aromatic ring is 1. The first-order chi connectivity index (χ1) is 25.3. The van der Waals surface area contributed by atoms with Crippen LogP contribution in [0.15, 0.2) is 33.9 Å². The molecule has 7 rings (SSSR count). The van der Waals surface area contributed by atoms with Crippen molar-refractivity contribution in [2.45, 2.75) is 62.3 Å². The Kier molecular flexibility index (Phi) is 10.2. The molecule has 2 aromatic rings. The highest BCUT2D eigenvalue weighted by Crippen LogP contribution is 2.49. The normalized spacial score (nSPS) is 25.5. The molecule has 1 aromatic carbocycles. The third kappa shape index (κ3) is 7.00. The minimum Gasteiger partial charge on any atom is -0.504 e. The summed E-state index contributed by atoms with van der Waals surface area (Å²) in [5.41, 5.74) is 3.64. The number of quaternary nitrogens is 1. The number of oxime groups is 1. The highest BCUT2D eigenvalue weighted by atomic mass is 32.2. The molecule has 3 atom stereocenters. The van der Waals surface area contributed by atoms with E-state index >= 15 is 0 Å². The number of piperidine rings is 1. The fourth-order valence-electron chi connectivity index (χ4n) is 7.29. The Morgan fingerprint density at radius 1 is 1.13 bits per heavy atom. The number of carbonyl (C=O) groups excluding carboxylic acids is 4. The van der Waals surface area contributed by atoms with Crippen molar-refractivity contribution in [1.29, 1.82) is 0 Å². The van der Waals surface area contributed by atoms with Crippen LogP contribution in [-0.4, -0.2) is 136 Å². The van der Waals surface area contributed by atoms with Gasteiger partial charge in [-0.1, -0.05) is 5.16 Å². The first-order valence-electron chi connectivity index (χ1n) is 16.9. The van der Waals surface area contributed by atoms with Crippen molar-refractivity contribution < 1.29 is 62.9 Å². The van der Waals surface area contributed by atoms with E-state index in [4.69, 9.17) is 10.6 Å². The number of phenols is 2. The maximum Gasteiger partial charge on any atom is 0.352 e. The molecule has 2 bridgehead atoms. The van der Waals surface area contributed by atoms with Gasteiger partial charge in [0.1, 0.15) is 17.9 Å². The number of rotatable bonds is 12. The quantitative estimate of drug-likeness (QED) is 0.0391. The van der Waals surface area contributed by atoms with Crippen molar-refractivity contribution in [3.8, 4) is 11.5 Å². The molecule has 0 saturated carbocycles. The lowest BCUT2D eigenvalue weighted by Gasteiger charge is -2.52. The average Bonchev–Trinajstić information content (AvgIpc) is 3.36. The van der Waals surface area contributed by atoms with Crippen molar-refractivity contribution in [3.63, 3.8) is 0 Å². The minimum atomic E-state index is -1.79. The number of phenolic OH excluding ortho intramolecular Hbond substituents is 2. The van der Waals surface area contributed by atoms with E-state index in [2.05, 4.69) is 10.1 Å². The van der Waals surface area contributed by atoms with Gasteiger partial charge in [0.05, 0.1) is 37.5 Å². The third-order valence-electron chi connectivity index (χ3n) is 10.4. The molecular weight excluding hydrogens is 752 g/mol. The maximum absolute atomic E-state index is 14.0. The SMILES string of the molecule is C[C@@H]1S[C@@H]2[C@H](CC(=O)/C(=N\OC(C)(C)C(=O)O)c3csc(N)n3)C(=O)N2C(C(=O)O)=C1C[N+]12CCC(CC1)N(C(=O)C(=O)c1cc(O)c(O)c(F)c1)CC2. The number of fused-ring (bicyclic) bond motifs is 5. The predicted molar refractivity (Wildman–Crippen MR) is 190 cm³/mol. The lowest BCUT2D eigenvalue weighted by atomic mass is 9.88. The van der Waals surface area contributed by atoms with Gasteiger partial charge in [-0.15, -0.1) is 23.1 Å².